The largest absolute Gasteiger partial charge is 0.457 e. The molecule has 0 aromatic carbocycles. The fourth-order valence-corrected chi connectivity index (χ4v) is 5.47. The van der Waals surface area contributed by atoms with E-state index in [-0.39, 0.29) is 13.2 Å². The van der Waals surface area contributed by atoms with Crippen molar-refractivity contribution in [3.63, 3.8) is 0 Å². The van der Waals surface area contributed by atoms with Gasteiger partial charge in [0.25, 0.3) is 0 Å². The van der Waals surface area contributed by atoms with Gasteiger partial charge >= 0.3 is 13.3 Å². The molecule has 0 aromatic rings. The second kappa shape index (κ2) is 24.2. The second-order valence-corrected chi connectivity index (χ2v) is 11.5. The van der Waals surface area contributed by atoms with Gasteiger partial charge in [0, 0.05) is 25.8 Å². The van der Waals surface area contributed by atoms with Crippen LogP contribution in [0, 0.1) is 0 Å². The lowest BCUT2D eigenvalue weighted by atomic mass is 10.0. The summed E-state index contributed by atoms with van der Waals surface area (Å²) in [6.07, 6.45) is 19.7. The van der Waals surface area contributed by atoms with E-state index in [0.29, 0.717) is 18.6 Å². The lowest BCUT2D eigenvalue weighted by molar-refractivity contribution is -0.0388. The second-order valence-electron chi connectivity index (χ2n) is 8.89. The number of aliphatic hydroxyl groups excluding tert-OH is 1. The smallest absolute Gasteiger partial charge is 0.446 e. The third-order valence-electron chi connectivity index (χ3n) is 5.80. The van der Waals surface area contributed by atoms with E-state index in [2.05, 4.69) is 11.7 Å². The van der Waals surface area contributed by atoms with E-state index in [1.165, 1.54) is 97.5 Å². The summed E-state index contributed by atoms with van der Waals surface area (Å²) in [7, 11) is -3.21. The van der Waals surface area contributed by atoms with E-state index in [4.69, 9.17) is 13.4 Å². The van der Waals surface area contributed by atoms with E-state index >= 15 is 0 Å². The minimum absolute atomic E-state index is 0.0338. The normalized spacial score (nSPS) is 15.0. The van der Waals surface area contributed by atoms with Gasteiger partial charge in [-0.3, -0.25) is 0 Å². The number of ether oxygens (including phenoxy) is 3. The molecule has 0 spiro atoms. The number of methoxy groups -OCH3 is 1. The zero-order chi connectivity index (χ0) is 26.2. The molecule has 210 valence electrons. The van der Waals surface area contributed by atoms with Crippen LogP contribution < -0.4 is 0 Å². The maximum absolute atomic E-state index is 11.9. The van der Waals surface area contributed by atoms with Crippen molar-refractivity contribution in [2.75, 3.05) is 26.9 Å². The van der Waals surface area contributed by atoms with Crippen molar-refractivity contribution in [1.29, 1.82) is 0 Å². The minimum atomic E-state index is -4.61. The molecule has 35 heavy (non-hydrogen) atoms. The monoisotopic (exact) mass is 542 g/mol. The van der Waals surface area contributed by atoms with Crippen molar-refractivity contribution in [3.8, 4) is 0 Å². The summed E-state index contributed by atoms with van der Waals surface area (Å²) in [5.41, 5.74) is -2.17. The predicted molar refractivity (Wildman–Crippen MR) is 143 cm³/mol. The molecule has 3 atom stereocenters. The first-order valence-electron chi connectivity index (χ1n) is 13.5. The maximum atomic E-state index is 11.9. The maximum Gasteiger partial charge on any atom is 0.446 e. The lowest BCUT2D eigenvalue weighted by Crippen LogP contribution is -2.32. The van der Waals surface area contributed by atoms with Crippen LogP contribution in [0.4, 0.5) is 4.79 Å². The van der Waals surface area contributed by atoms with Crippen LogP contribution >= 0.6 is 19.6 Å². The molecular formula is C25H51O8PS. The molecule has 0 aliphatic carbocycles. The Kier molecular flexibility index (Phi) is 24.1. The van der Waals surface area contributed by atoms with Crippen LogP contribution in [0.25, 0.3) is 0 Å². The molecule has 0 aromatic heterocycles. The summed E-state index contributed by atoms with van der Waals surface area (Å²) in [4.78, 5) is 21.2. The van der Waals surface area contributed by atoms with Gasteiger partial charge in [-0.15, -0.1) is 0 Å². The van der Waals surface area contributed by atoms with Crippen LogP contribution in [0.1, 0.15) is 117 Å². The summed E-state index contributed by atoms with van der Waals surface area (Å²) in [6.45, 7) is 3.80. The van der Waals surface area contributed by atoms with Gasteiger partial charge in [0.15, 0.2) is 5.44 Å². The van der Waals surface area contributed by atoms with E-state index < -0.39 is 24.8 Å². The molecule has 0 rings (SSSR count). The van der Waals surface area contributed by atoms with E-state index in [1.807, 2.05) is 0 Å². The average Bonchev–Trinajstić information content (AvgIpc) is 2.84. The molecule has 0 radical (unpaired) electrons. The van der Waals surface area contributed by atoms with E-state index in [1.54, 1.807) is 0 Å². The van der Waals surface area contributed by atoms with Gasteiger partial charge in [-0.1, -0.05) is 103 Å². The van der Waals surface area contributed by atoms with Crippen molar-refractivity contribution < 1.29 is 37.5 Å². The van der Waals surface area contributed by atoms with Crippen LogP contribution in [0.2, 0.25) is 0 Å². The van der Waals surface area contributed by atoms with Crippen molar-refractivity contribution in [2.24, 2.45) is 0 Å². The molecule has 0 saturated carbocycles. The van der Waals surface area contributed by atoms with Crippen LogP contribution in [-0.2, 0) is 22.7 Å². The molecule has 0 bridgehead atoms. The SMILES string of the molecule is CCCCCCCCCCCCCCCCCCOC(SOP(=O)(O)C(=O)OCC)[C@H](CO)OC. The molecule has 2 unspecified atom stereocenters. The van der Waals surface area contributed by atoms with Gasteiger partial charge in [0.05, 0.1) is 13.2 Å². The highest BCUT2D eigenvalue weighted by Crippen LogP contribution is 2.49. The Bertz CT molecular complexity index is 534. The van der Waals surface area contributed by atoms with Gasteiger partial charge in [-0.25, -0.2) is 13.3 Å². The molecule has 8 nitrogen and oxygen atoms in total. The fourth-order valence-electron chi connectivity index (χ4n) is 3.65. The number of rotatable bonds is 26. The molecule has 0 saturated heterocycles. The first-order valence-corrected chi connectivity index (χ1v) is 15.9. The Hall–Kier alpha value is -0.150. The van der Waals surface area contributed by atoms with Crippen molar-refractivity contribution >= 4 is 25.3 Å². The number of hydrogen-bond acceptors (Lipinski definition) is 8. The fraction of sp³-hybridized carbons (Fsp3) is 0.960. The summed E-state index contributed by atoms with van der Waals surface area (Å²) < 4.78 is 32.1. The van der Waals surface area contributed by atoms with E-state index in [0.717, 1.165) is 19.3 Å². The summed E-state index contributed by atoms with van der Waals surface area (Å²) in [5, 5.41) is 9.47. The molecule has 0 heterocycles. The third-order valence-corrected chi connectivity index (χ3v) is 8.18. The van der Waals surface area contributed by atoms with Crippen molar-refractivity contribution in [3.05, 3.63) is 0 Å². The Balaban J connectivity index is 3.83. The molecule has 0 fully saturated rings. The molecule has 0 aliphatic rings. The zero-order valence-corrected chi connectivity index (χ0v) is 24.0. The number of carbonyl (C=O) groups excluding carboxylic acids is 1. The average molecular weight is 543 g/mol. The number of carbonyl (C=O) groups is 1. The Labute approximate surface area is 217 Å². The first kappa shape index (κ1) is 34.9. The summed E-state index contributed by atoms with van der Waals surface area (Å²) in [6, 6.07) is 0. The Morgan fingerprint density at radius 2 is 1.29 bits per heavy atom. The van der Waals surface area contributed by atoms with Crippen molar-refractivity contribution in [2.45, 2.75) is 128 Å². The molecule has 0 amide bonds. The molecule has 0 aliphatic heterocycles. The summed E-state index contributed by atoms with van der Waals surface area (Å²) in [5.74, 6) is 0. The van der Waals surface area contributed by atoms with Crippen LogP contribution in [-0.4, -0.2) is 54.2 Å². The molecule has 10 heteroatoms. The number of aliphatic hydroxyl groups is 1. The lowest BCUT2D eigenvalue weighted by Gasteiger charge is -2.24. The highest BCUT2D eigenvalue weighted by molar-refractivity contribution is 8.00. The van der Waals surface area contributed by atoms with Crippen LogP contribution in [0.5, 0.6) is 0 Å². The van der Waals surface area contributed by atoms with Gasteiger partial charge in [-0.05, 0) is 13.3 Å². The Morgan fingerprint density at radius 1 is 0.829 bits per heavy atom. The minimum Gasteiger partial charge on any atom is -0.457 e. The number of hydrogen-bond donors (Lipinski definition) is 2. The van der Waals surface area contributed by atoms with Gasteiger partial charge in [0.2, 0.25) is 0 Å². The topological polar surface area (TPSA) is 112 Å². The third kappa shape index (κ3) is 19.6. The summed E-state index contributed by atoms with van der Waals surface area (Å²) >= 11 is 0.507. The van der Waals surface area contributed by atoms with Gasteiger partial charge in [-0.2, -0.15) is 0 Å². The van der Waals surface area contributed by atoms with E-state index in [9.17, 15) is 19.4 Å². The standard InChI is InChI=1S/C25H51O8PS/c1-4-6-7-8-9-10-11-12-13-14-15-16-17-18-19-20-21-32-24(23(22-26)30-3)35-33-34(28,29)25(27)31-5-2/h23-24,26H,4-22H2,1-3H3,(H,28,29)/t23-,24?/m0/s1. The van der Waals surface area contributed by atoms with Crippen molar-refractivity contribution in [1.82, 2.24) is 0 Å². The van der Waals surface area contributed by atoms with Crippen LogP contribution in [0.3, 0.4) is 0 Å². The van der Waals surface area contributed by atoms with Crippen LogP contribution in [0.15, 0.2) is 0 Å². The first-order chi connectivity index (χ1) is 16.9. The highest BCUT2D eigenvalue weighted by atomic mass is 32.2. The van der Waals surface area contributed by atoms with Gasteiger partial charge in [0.1, 0.15) is 6.10 Å². The molecule has 2 N–H and O–H groups in total. The van der Waals surface area contributed by atoms with Gasteiger partial charge < -0.3 is 24.2 Å². The quantitative estimate of drug-likeness (QED) is 0.0493. The number of unbranched alkanes of at least 4 members (excludes halogenated alkanes) is 15. The predicted octanol–water partition coefficient (Wildman–Crippen LogP) is 7.60. The highest BCUT2D eigenvalue weighted by Gasteiger charge is 2.36. The Morgan fingerprint density at radius 3 is 1.69 bits per heavy atom. The molecular weight excluding hydrogens is 491 g/mol. The zero-order valence-electron chi connectivity index (χ0n) is 22.3.